The molecule has 0 aliphatic carbocycles. The molecule has 18 heavy (non-hydrogen) atoms. The van der Waals surface area contributed by atoms with Gasteiger partial charge >= 0.3 is 0 Å². The highest BCUT2D eigenvalue weighted by molar-refractivity contribution is 7.91. The maximum absolute atomic E-state index is 12.1. The van der Waals surface area contributed by atoms with Crippen molar-refractivity contribution in [1.82, 2.24) is 4.72 Å². The van der Waals surface area contributed by atoms with E-state index in [1.54, 1.807) is 6.92 Å². The van der Waals surface area contributed by atoms with Gasteiger partial charge in [-0.1, -0.05) is 16.8 Å². The van der Waals surface area contributed by atoms with Crippen molar-refractivity contribution in [2.24, 2.45) is 10.9 Å². The third kappa shape index (κ3) is 3.14. The van der Waals surface area contributed by atoms with E-state index in [0.717, 1.165) is 11.3 Å². The van der Waals surface area contributed by atoms with Crippen LogP contribution in [0.15, 0.2) is 15.4 Å². The molecule has 0 aromatic carbocycles. The Morgan fingerprint density at radius 2 is 2.17 bits per heavy atom. The van der Waals surface area contributed by atoms with E-state index in [4.69, 9.17) is 22.5 Å². The maximum atomic E-state index is 12.1. The van der Waals surface area contributed by atoms with E-state index >= 15 is 0 Å². The van der Waals surface area contributed by atoms with Crippen LogP contribution < -0.4 is 10.5 Å². The lowest BCUT2D eigenvalue weighted by atomic mass is 10.1. The lowest BCUT2D eigenvalue weighted by molar-refractivity contribution is 0.312. The number of thiophene rings is 1. The van der Waals surface area contributed by atoms with Crippen LogP contribution >= 0.6 is 22.9 Å². The number of aryl methyl sites for hydroxylation is 1. The van der Waals surface area contributed by atoms with Gasteiger partial charge in [-0.25, -0.2) is 8.42 Å². The molecule has 0 saturated carbocycles. The molecule has 1 rings (SSSR count). The number of hydrogen-bond acceptors (Lipinski definition) is 5. The van der Waals surface area contributed by atoms with Crippen molar-refractivity contribution < 1.29 is 13.6 Å². The molecule has 0 unspecified atom stereocenters. The molecule has 1 heterocycles. The van der Waals surface area contributed by atoms with Crippen molar-refractivity contribution in [2.75, 3.05) is 0 Å². The molecule has 0 aliphatic rings. The van der Waals surface area contributed by atoms with Gasteiger partial charge in [-0.3, -0.25) is 0 Å². The quantitative estimate of drug-likeness (QED) is 0.339. The van der Waals surface area contributed by atoms with Gasteiger partial charge in [0.25, 0.3) is 10.0 Å². The van der Waals surface area contributed by atoms with Crippen LogP contribution in [-0.4, -0.2) is 25.0 Å². The Morgan fingerprint density at radius 3 is 2.56 bits per heavy atom. The molecule has 0 radical (unpaired) electrons. The minimum Gasteiger partial charge on any atom is -0.409 e. The number of sulfonamides is 1. The Bertz CT molecular complexity index is 558. The monoisotopic (exact) mass is 311 g/mol. The van der Waals surface area contributed by atoms with Gasteiger partial charge in [0.05, 0.1) is 9.88 Å². The average molecular weight is 312 g/mol. The largest absolute Gasteiger partial charge is 0.409 e. The van der Waals surface area contributed by atoms with Crippen molar-refractivity contribution in [1.29, 1.82) is 0 Å². The molecule has 102 valence electrons. The first kappa shape index (κ1) is 15.2. The van der Waals surface area contributed by atoms with Crippen LogP contribution in [-0.2, 0) is 10.0 Å². The van der Waals surface area contributed by atoms with Crippen molar-refractivity contribution >= 4 is 38.8 Å². The summed E-state index contributed by atoms with van der Waals surface area (Å²) in [7, 11) is -3.76. The van der Waals surface area contributed by atoms with Gasteiger partial charge in [0, 0.05) is 0 Å². The SMILES string of the molecule is Cc1cc(S(=O)(=O)NC(C)(C)/C(N)=N/O)sc1Cl. The molecule has 9 heteroatoms. The van der Waals surface area contributed by atoms with E-state index in [0.29, 0.717) is 9.90 Å². The maximum Gasteiger partial charge on any atom is 0.251 e. The normalized spacial score (nSPS) is 13.9. The number of halogens is 1. The molecule has 0 atom stereocenters. The predicted octanol–water partition coefficient (Wildman–Crippen LogP) is 1.51. The molecule has 0 saturated heterocycles. The van der Waals surface area contributed by atoms with E-state index in [2.05, 4.69) is 9.88 Å². The Hall–Kier alpha value is -0.830. The van der Waals surface area contributed by atoms with Gasteiger partial charge in [0.15, 0.2) is 5.84 Å². The number of hydrogen-bond donors (Lipinski definition) is 3. The number of amidine groups is 1. The highest BCUT2D eigenvalue weighted by Crippen LogP contribution is 2.30. The number of oxime groups is 1. The zero-order valence-electron chi connectivity index (χ0n) is 10.1. The minimum atomic E-state index is -3.76. The van der Waals surface area contributed by atoms with Gasteiger partial charge in [-0.2, -0.15) is 4.72 Å². The second-order valence-electron chi connectivity index (χ2n) is 4.24. The first-order valence-electron chi connectivity index (χ1n) is 4.88. The summed E-state index contributed by atoms with van der Waals surface area (Å²) in [6.45, 7) is 4.69. The third-order valence-corrected chi connectivity index (χ3v) is 5.92. The van der Waals surface area contributed by atoms with Crippen molar-refractivity contribution in [3.8, 4) is 0 Å². The zero-order valence-corrected chi connectivity index (χ0v) is 12.4. The molecule has 0 bridgehead atoms. The van der Waals surface area contributed by atoms with Crippen LogP contribution in [0.25, 0.3) is 0 Å². The summed E-state index contributed by atoms with van der Waals surface area (Å²) < 4.78 is 27.0. The van der Waals surface area contributed by atoms with E-state index < -0.39 is 15.6 Å². The van der Waals surface area contributed by atoms with E-state index in [1.807, 2.05) is 0 Å². The molecule has 4 N–H and O–H groups in total. The lowest BCUT2D eigenvalue weighted by Gasteiger charge is -2.23. The van der Waals surface area contributed by atoms with Crippen LogP contribution in [0.4, 0.5) is 0 Å². The molecular weight excluding hydrogens is 298 g/mol. The number of nitrogens with zero attached hydrogens (tertiary/aromatic N) is 1. The second-order valence-corrected chi connectivity index (χ2v) is 7.80. The molecule has 0 aliphatic heterocycles. The standard InChI is InChI=1S/C9H14ClN3O3S2/c1-5-4-6(17-7(5)10)18(15,16)13-9(2,3)8(11)12-14/h4,13-14H,1-3H3,(H2,11,12). The average Bonchev–Trinajstić information content (AvgIpc) is 2.57. The highest BCUT2D eigenvalue weighted by Gasteiger charge is 2.31. The third-order valence-electron chi connectivity index (χ3n) is 2.24. The van der Waals surface area contributed by atoms with Gasteiger partial charge < -0.3 is 10.9 Å². The summed E-state index contributed by atoms with van der Waals surface area (Å²) in [4.78, 5) is 0. The Kier molecular flexibility index (Phi) is 4.26. The van der Waals surface area contributed by atoms with Crippen molar-refractivity contribution in [3.63, 3.8) is 0 Å². The topological polar surface area (TPSA) is 105 Å². The summed E-state index contributed by atoms with van der Waals surface area (Å²) >= 11 is 6.79. The van der Waals surface area contributed by atoms with Gasteiger partial charge in [0.2, 0.25) is 0 Å². The summed E-state index contributed by atoms with van der Waals surface area (Å²) in [6, 6.07) is 1.47. The summed E-state index contributed by atoms with van der Waals surface area (Å²) in [5, 5.41) is 11.4. The Balaban J connectivity index is 3.10. The Morgan fingerprint density at radius 1 is 1.61 bits per heavy atom. The van der Waals surface area contributed by atoms with Gasteiger partial charge in [-0.15, -0.1) is 11.3 Å². The molecule has 6 nitrogen and oxygen atoms in total. The minimum absolute atomic E-state index is 0.0869. The predicted molar refractivity (Wildman–Crippen MR) is 71.9 cm³/mol. The highest BCUT2D eigenvalue weighted by atomic mass is 35.5. The Labute approximate surface area is 114 Å². The summed E-state index contributed by atoms with van der Waals surface area (Å²) in [5.74, 6) is -0.231. The number of rotatable bonds is 4. The lowest BCUT2D eigenvalue weighted by Crippen LogP contribution is -2.52. The van der Waals surface area contributed by atoms with Crippen LogP contribution in [0.5, 0.6) is 0 Å². The molecule has 0 amide bonds. The summed E-state index contributed by atoms with van der Waals surface area (Å²) in [6.07, 6.45) is 0. The fraction of sp³-hybridized carbons (Fsp3) is 0.444. The van der Waals surface area contributed by atoms with Gasteiger partial charge in [-0.05, 0) is 32.4 Å². The summed E-state index contributed by atoms with van der Waals surface area (Å²) in [5.41, 5.74) is 4.91. The molecule has 0 fully saturated rings. The smallest absolute Gasteiger partial charge is 0.251 e. The molecule has 1 aromatic rings. The number of nitrogens with one attached hydrogen (secondary N) is 1. The molecule has 1 aromatic heterocycles. The van der Waals surface area contributed by atoms with Crippen LogP contribution in [0.2, 0.25) is 4.34 Å². The van der Waals surface area contributed by atoms with Crippen LogP contribution in [0, 0.1) is 6.92 Å². The second kappa shape index (κ2) is 5.04. The number of nitrogens with two attached hydrogens (primary N) is 1. The fourth-order valence-electron chi connectivity index (χ4n) is 1.13. The van der Waals surface area contributed by atoms with E-state index in [-0.39, 0.29) is 10.0 Å². The van der Waals surface area contributed by atoms with Crippen molar-refractivity contribution in [2.45, 2.75) is 30.5 Å². The van der Waals surface area contributed by atoms with Crippen LogP contribution in [0.3, 0.4) is 0 Å². The van der Waals surface area contributed by atoms with Gasteiger partial charge in [0.1, 0.15) is 4.21 Å². The zero-order chi connectivity index (χ0) is 14.1. The molecular formula is C9H14ClN3O3S2. The van der Waals surface area contributed by atoms with E-state index in [1.165, 1.54) is 19.9 Å². The first-order valence-corrected chi connectivity index (χ1v) is 7.56. The molecule has 0 spiro atoms. The first-order chi connectivity index (χ1) is 8.10. The fourth-order valence-corrected chi connectivity index (χ4v) is 4.22. The van der Waals surface area contributed by atoms with E-state index in [9.17, 15) is 8.42 Å². The van der Waals surface area contributed by atoms with Crippen molar-refractivity contribution in [3.05, 3.63) is 16.0 Å². The van der Waals surface area contributed by atoms with Crippen LogP contribution in [0.1, 0.15) is 19.4 Å².